The van der Waals surface area contributed by atoms with Gasteiger partial charge >= 0.3 is 6.03 Å². The number of aromatic nitrogens is 1. The molecule has 1 N–H and O–H groups in total. The van der Waals surface area contributed by atoms with Crippen LogP contribution in [-0.4, -0.2) is 65.6 Å². The lowest BCUT2D eigenvalue weighted by atomic mass is 10.2. The van der Waals surface area contributed by atoms with E-state index < -0.39 is 0 Å². The molecule has 0 unspecified atom stereocenters. The standard InChI is InChI=1S/C23H24N4O4/c28-22(20-6-3-15-30-20)26-11-13-27(14-12-26)23(29)24-17-9-7-16(8-10-17)21-25-18-4-1-2-5-19(18)31-21/h1-2,4-5,7-10,20H,3,6,11-15H2,(H,24,29)/t20-/m0/s1. The Kier molecular flexibility index (Phi) is 5.30. The van der Waals surface area contributed by atoms with E-state index in [9.17, 15) is 9.59 Å². The number of carbonyl (C=O) groups is 2. The third-order valence-corrected chi connectivity index (χ3v) is 5.76. The van der Waals surface area contributed by atoms with Gasteiger partial charge in [0.15, 0.2) is 5.58 Å². The molecular formula is C23H24N4O4. The fraction of sp³-hybridized carbons (Fsp3) is 0.348. The number of hydrogen-bond donors (Lipinski definition) is 1. The first kappa shape index (κ1) is 19.6. The summed E-state index contributed by atoms with van der Waals surface area (Å²) in [5, 5.41) is 2.92. The van der Waals surface area contributed by atoms with Crippen molar-refractivity contribution in [3.8, 4) is 11.5 Å². The largest absolute Gasteiger partial charge is 0.436 e. The minimum absolute atomic E-state index is 0.0485. The van der Waals surface area contributed by atoms with Gasteiger partial charge in [0, 0.05) is 44.0 Å². The zero-order valence-corrected chi connectivity index (χ0v) is 17.1. The number of benzene rings is 2. The molecule has 8 heteroatoms. The van der Waals surface area contributed by atoms with Crippen LogP contribution in [0.25, 0.3) is 22.6 Å². The Labute approximate surface area is 179 Å². The predicted molar refractivity (Wildman–Crippen MR) is 116 cm³/mol. The highest BCUT2D eigenvalue weighted by Crippen LogP contribution is 2.25. The van der Waals surface area contributed by atoms with E-state index in [1.807, 2.05) is 48.5 Å². The summed E-state index contributed by atoms with van der Waals surface area (Å²) in [5.74, 6) is 0.596. The first-order valence-corrected chi connectivity index (χ1v) is 10.6. The van der Waals surface area contributed by atoms with Gasteiger partial charge in [0.2, 0.25) is 5.89 Å². The minimum Gasteiger partial charge on any atom is -0.436 e. The Bertz CT molecular complexity index is 1050. The summed E-state index contributed by atoms with van der Waals surface area (Å²) >= 11 is 0. The highest BCUT2D eigenvalue weighted by Gasteiger charge is 2.31. The highest BCUT2D eigenvalue weighted by atomic mass is 16.5. The van der Waals surface area contributed by atoms with Crippen molar-refractivity contribution in [3.05, 3.63) is 48.5 Å². The number of anilines is 1. The number of nitrogens with one attached hydrogen (secondary N) is 1. The second kappa shape index (κ2) is 8.39. The molecule has 3 amide bonds. The van der Waals surface area contributed by atoms with E-state index in [1.165, 1.54) is 0 Å². The number of urea groups is 1. The van der Waals surface area contributed by atoms with Crippen LogP contribution >= 0.6 is 0 Å². The van der Waals surface area contributed by atoms with Crippen LogP contribution in [0.3, 0.4) is 0 Å². The smallest absolute Gasteiger partial charge is 0.321 e. The van der Waals surface area contributed by atoms with Gasteiger partial charge in [-0.1, -0.05) is 12.1 Å². The summed E-state index contributed by atoms with van der Waals surface area (Å²) in [6.07, 6.45) is 1.42. The van der Waals surface area contributed by atoms with Crippen LogP contribution in [0.1, 0.15) is 12.8 Å². The number of ether oxygens (including phenoxy) is 1. The molecule has 1 aromatic heterocycles. The second-order valence-corrected chi connectivity index (χ2v) is 7.81. The molecule has 0 bridgehead atoms. The molecule has 3 aromatic rings. The van der Waals surface area contributed by atoms with E-state index >= 15 is 0 Å². The van der Waals surface area contributed by atoms with Crippen LogP contribution in [0.5, 0.6) is 0 Å². The molecule has 8 nitrogen and oxygen atoms in total. The van der Waals surface area contributed by atoms with Crippen molar-refractivity contribution in [2.45, 2.75) is 18.9 Å². The molecule has 0 radical (unpaired) electrons. The van der Waals surface area contributed by atoms with Crippen molar-refractivity contribution in [1.29, 1.82) is 0 Å². The third-order valence-electron chi connectivity index (χ3n) is 5.76. The van der Waals surface area contributed by atoms with Crippen LogP contribution in [0.15, 0.2) is 52.9 Å². The Hall–Kier alpha value is -3.39. The Morgan fingerprint density at radius 3 is 2.42 bits per heavy atom. The first-order valence-electron chi connectivity index (χ1n) is 10.6. The molecule has 3 heterocycles. The van der Waals surface area contributed by atoms with Gasteiger partial charge in [-0.3, -0.25) is 4.79 Å². The zero-order valence-electron chi connectivity index (χ0n) is 17.1. The van der Waals surface area contributed by atoms with E-state index in [0.717, 1.165) is 29.5 Å². The summed E-state index contributed by atoms with van der Waals surface area (Å²) < 4.78 is 11.3. The van der Waals surface area contributed by atoms with Gasteiger partial charge < -0.3 is 24.3 Å². The monoisotopic (exact) mass is 420 g/mol. The fourth-order valence-electron chi connectivity index (χ4n) is 4.00. The van der Waals surface area contributed by atoms with Crippen LogP contribution in [0.4, 0.5) is 10.5 Å². The summed E-state index contributed by atoms with van der Waals surface area (Å²) in [5.41, 5.74) is 3.09. The fourth-order valence-corrected chi connectivity index (χ4v) is 4.00. The van der Waals surface area contributed by atoms with Crippen LogP contribution in [0, 0.1) is 0 Å². The van der Waals surface area contributed by atoms with Crippen molar-refractivity contribution >= 4 is 28.7 Å². The Balaban J connectivity index is 1.17. The van der Waals surface area contributed by atoms with Gasteiger partial charge in [0.05, 0.1) is 0 Å². The van der Waals surface area contributed by atoms with Crippen molar-refractivity contribution in [3.63, 3.8) is 0 Å². The van der Waals surface area contributed by atoms with E-state index in [4.69, 9.17) is 9.15 Å². The normalized spacial score (nSPS) is 19.0. The van der Waals surface area contributed by atoms with Gasteiger partial charge in [0.25, 0.3) is 5.91 Å². The van der Waals surface area contributed by atoms with E-state index in [0.29, 0.717) is 44.4 Å². The van der Waals surface area contributed by atoms with Gasteiger partial charge in [-0.15, -0.1) is 0 Å². The summed E-state index contributed by atoms with van der Waals surface area (Å²) in [7, 11) is 0. The number of para-hydroxylation sites is 2. The SMILES string of the molecule is O=C(Nc1ccc(-c2nc3ccccc3o2)cc1)N1CCN(C(=O)[C@@H]2CCCO2)CC1. The van der Waals surface area contributed by atoms with Crippen LogP contribution in [-0.2, 0) is 9.53 Å². The number of rotatable bonds is 3. The number of nitrogens with zero attached hydrogens (tertiary/aromatic N) is 3. The number of hydrogen-bond acceptors (Lipinski definition) is 5. The number of oxazole rings is 1. The topological polar surface area (TPSA) is 87.9 Å². The molecule has 2 fully saturated rings. The molecular weight excluding hydrogens is 396 g/mol. The maximum atomic E-state index is 12.6. The third kappa shape index (κ3) is 4.11. The Morgan fingerprint density at radius 1 is 0.968 bits per heavy atom. The van der Waals surface area contributed by atoms with E-state index in [-0.39, 0.29) is 18.0 Å². The summed E-state index contributed by atoms with van der Waals surface area (Å²) in [6.45, 7) is 2.73. The number of carbonyl (C=O) groups excluding carboxylic acids is 2. The van der Waals surface area contributed by atoms with Crippen molar-refractivity contribution in [1.82, 2.24) is 14.8 Å². The molecule has 0 aliphatic carbocycles. The molecule has 1 atom stereocenters. The molecule has 2 saturated heterocycles. The molecule has 2 aliphatic rings. The molecule has 2 aromatic carbocycles. The first-order chi connectivity index (χ1) is 15.2. The quantitative estimate of drug-likeness (QED) is 0.702. The molecule has 0 saturated carbocycles. The second-order valence-electron chi connectivity index (χ2n) is 7.81. The molecule has 5 rings (SSSR count). The lowest BCUT2D eigenvalue weighted by Gasteiger charge is -2.35. The van der Waals surface area contributed by atoms with Crippen molar-refractivity contribution < 1.29 is 18.7 Å². The van der Waals surface area contributed by atoms with Gasteiger partial charge in [-0.05, 0) is 49.2 Å². The summed E-state index contributed by atoms with van der Waals surface area (Å²) in [4.78, 5) is 33.1. The lowest BCUT2D eigenvalue weighted by molar-refractivity contribution is -0.142. The minimum atomic E-state index is -0.305. The Morgan fingerprint density at radius 2 is 1.71 bits per heavy atom. The average Bonchev–Trinajstić information content (AvgIpc) is 3.49. The van der Waals surface area contributed by atoms with Crippen LogP contribution < -0.4 is 5.32 Å². The van der Waals surface area contributed by atoms with E-state index in [2.05, 4.69) is 10.3 Å². The number of piperazine rings is 1. The average molecular weight is 420 g/mol. The zero-order chi connectivity index (χ0) is 21.2. The molecule has 160 valence electrons. The van der Waals surface area contributed by atoms with Crippen molar-refractivity contribution in [2.75, 3.05) is 38.1 Å². The predicted octanol–water partition coefficient (Wildman–Crippen LogP) is 3.35. The van der Waals surface area contributed by atoms with Crippen molar-refractivity contribution in [2.24, 2.45) is 0 Å². The van der Waals surface area contributed by atoms with Gasteiger partial charge in [-0.25, -0.2) is 9.78 Å². The maximum absolute atomic E-state index is 12.6. The summed E-state index contributed by atoms with van der Waals surface area (Å²) in [6, 6.07) is 14.9. The lowest BCUT2D eigenvalue weighted by Crippen LogP contribution is -2.53. The van der Waals surface area contributed by atoms with E-state index in [1.54, 1.807) is 9.80 Å². The molecule has 2 aliphatic heterocycles. The van der Waals surface area contributed by atoms with Gasteiger partial charge in [-0.2, -0.15) is 0 Å². The number of amides is 3. The van der Waals surface area contributed by atoms with Crippen LogP contribution in [0.2, 0.25) is 0 Å². The molecule has 31 heavy (non-hydrogen) atoms. The maximum Gasteiger partial charge on any atom is 0.321 e. The molecule has 0 spiro atoms. The highest BCUT2D eigenvalue weighted by molar-refractivity contribution is 5.90. The number of fused-ring (bicyclic) bond motifs is 1. The van der Waals surface area contributed by atoms with Gasteiger partial charge in [0.1, 0.15) is 11.6 Å².